The molecule has 1 aliphatic carbocycles. The van der Waals surface area contributed by atoms with Gasteiger partial charge in [0.1, 0.15) is 12.1 Å². The van der Waals surface area contributed by atoms with E-state index in [-0.39, 0.29) is 12.6 Å². The molecule has 0 saturated heterocycles. The number of hydrogen-bond donors (Lipinski definition) is 0. The van der Waals surface area contributed by atoms with E-state index >= 15 is 0 Å². The van der Waals surface area contributed by atoms with Gasteiger partial charge in [0, 0.05) is 6.04 Å². The van der Waals surface area contributed by atoms with Crippen LogP contribution in [0, 0.1) is 0 Å². The molecule has 1 fully saturated rings. The first-order valence-corrected chi connectivity index (χ1v) is 5.40. The SMILES string of the molecule is COC(=O)CN(C(=O)OC(C)(C)C)C1CC1. The molecule has 0 aromatic carbocycles. The molecule has 0 atom stereocenters. The fourth-order valence-corrected chi connectivity index (χ4v) is 1.25. The lowest BCUT2D eigenvalue weighted by atomic mass is 10.2. The number of amides is 1. The van der Waals surface area contributed by atoms with Crippen molar-refractivity contribution in [1.29, 1.82) is 0 Å². The van der Waals surface area contributed by atoms with Gasteiger partial charge in [-0.25, -0.2) is 4.79 Å². The van der Waals surface area contributed by atoms with Crippen LogP contribution in [0.25, 0.3) is 0 Å². The van der Waals surface area contributed by atoms with Crippen molar-refractivity contribution >= 4 is 12.1 Å². The van der Waals surface area contributed by atoms with E-state index in [1.807, 2.05) is 0 Å². The highest BCUT2D eigenvalue weighted by Gasteiger charge is 2.36. The first kappa shape index (κ1) is 12.8. The molecule has 0 bridgehead atoms. The van der Waals surface area contributed by atoms with Crippen LogP contribution in [0.4, 0.5) is 4.79 Å². The average molecular weight is 229 g/mol. The Hall–Kier alpha value is -1.26. The van der Waals surface area contributed by atoms with Gasteiger partial charge in [-0.15, -0.1) is 0 Å². The van der Waals surface area contributed by atoms with E-state index < -0.39 is 17.7 Å². The van der Waals surface area contributed by atoms with Crippen molar-refractivity contribution in [2.75, 3.05) is 13.7 Å². The minimum Gasteiger partial charge on any atom is -0.468 e. The van der Waals surface area contributed by atoms with Gasteiger partial charge in [-0.1, -0.05) is 0 Å². The maximum atomic E-state index is 11.8. The van der Waals surface area contributed by atoms with Crippen molar-refractivity contribution < 1.29 is 19.1 Å². The predicted octanol–water partition coefficient (Wildman–Crippen LogP) is 1.56. The van der Waals surface area contributed by atoms with Crippen LogP contribution in [0.1, 0.15) is 33.6 Å². The van der Waals surface area contributed by atoms with E-state index in [4.69, 9.17) is 4.74 Å². The zero-order chi connectivity index (χ0) is 12.3. The largest absolute Gasteiger partial charge is 0.468 e. The Morgan fingerprint density at radius 1 is 1.31 bits per heavy atom. The van der Waals surface area contributed by atoms with E-state index in [9.17, 15) is 9.59 Å². The molecule has 0 aromatic heterocycles. The highest BCUT2D eigenvalue weighted by atomic mass is 16.6. The summed E-state index contributed by atoms with van der Waals surface area (Å²) in [6.45, 7) is 5.37. The van der Waals surface area contributed by atoms with Crippen LogP contribution in [-0.2, 0) is 14.3 Å². The maximum Gasteiger partial charge on any atom is 0.411 e. The lowest BCUT2D eigenvalue weighted by molar-refractivity contribution is -0.142. The molecule has 0 aliphatic heterocycles. The van der Waals surface area contributed by atoms with Gasteiger partial charge in [0.2, 0.25) is 0 Å². The third-order valence-electron chi connectivity index (χ3n) is 2.14. The second kappa shape index (κ2) is 4.72. The summed E-state index contributed by atoms with van der Waals surface area (Å²) >= 11 is 0. The van der Waals surface area contributed by atoms with Crippen LogP contribution in [-0.4, -0.2) is 42.3 Å². The zero-order valence-corrected chi connectivity index (χ0v) is 10.3. The van der Waals surface area contributed by atoms with Gasteiger partial charge in [0.25, 0.3) is 0 Å². The molecular weight excluding hydrogens is 210 g/mol. The molecule has 5 nitrogen and oxygen atoms in total. The van der Waals surface area contributed by atoms with Crippen molar-refractivity contribution in [3.63, 3.8) is 0 Å². The Kier molecular flexibility index (Phi) is 3.78. The van der Waals surface area contributed by atoms with Crippen LogP contribution in [0.2, 0.25) is 0 Å². The number of rotatable bonds is 3. The number of nitrogens with zero attached hydrogens (tertiary/aromatic N) is 1. The molecule has 0 spiro atoms. The molecule has 1 saturated carbocycles. The Morgan fingerprint density at radius 3 is 2.25 bits per heavy atom. The van der Waals surface area contributed by atoms with Crippen LogP contribution in [0.3, 0.4) is 0 Å². The van der Waals surface area contributed by atoms with E-state index in [0.29, 0.717) is 0 Å². The second-order valence-corrected chi connectivity index (χ2v) is 4.92. The van der Waals surface area contributed by atoms with Gasteiger partial charge >= 0.3 is 12.1 Å². The molecule has 0 aromatic rings. The molecule has 5 heteroatoms. The predicted molar refractivity (Wildman–Crippen MR) is 58.0 cm³/mol. The van der Waals surface area contributed by atoms with E-state index in [0.717, 1.165) is 12.8 Å². The van der Waals surface area contributed by atoms with Crippen molar-refractivity contribution in [3.05, 3.63) is 0 Å². The summed E-state index contributed by atoms with van der Waals surface area (Å²) in [6, 6.07) is 0.133. The van der Waals surface area contributed by atoms with Gasteiger partial charge < -0.3 is 9.47 Å². The quantitative estimate of drug-likeness (QED) is 0.689. The Morgan fingerprint density at radius 2 is 1.88 bits per heavy atom. The van der Waals surface area contributed by atoms with Crippen LogP contribution >= 0.6 is 0 Å². The van der Waals surface area contributed by atoms with Crippen molar-refractivity contribution in [2.45, 2.75) is 45.3 Å². The third kappa shape index (κ3) is 4.08. The van der Waals surface area contributed by atoms with Crippen LogP contribution < -0.4 is 0 Å². The summed E-state index contributed by atoms with van der Waals surface area (Å²) in [7, 11) is 1.31. The highest BCUT2D eigenvalue weighted by molar-refractivity contribution is 5.78. The first-order valence-electron chi connectivity index (χ1n) is 5.40. The van der Waals surface area contributed by atoms with E-state index in [2.05, 4.69) is 4.74 Å². The number of methoxy groups -OCH3 is 1. The number of esters is 1. The Bertz CT molecular complexity index is 278. The van der Waals surface area contributed by atoms with Gasteiger partial charge in [0.15, 0.2) is 0 Å². The molecule has 0 heterocycles. The fraction of sp³-hybridized carbons (Fsp3) is 0.818. The molecular formula is C11H19NO4. The third-order valence-corrected chi connectivity index (χ3v) is 2.14. The van der Waals surface area contributed by atoms with Gasteiger partial charge in [0.05, 0.1) is 7.11 Å². The summed E-state index contributed by atoms with van der Waals surface area (Å²) in [5.41, 5.74) is -0.541. The molecule has 0 radical (unpaired) electrons. The minimum atomic E-state index is -0.541. The standard InChI is InChI=1S/C11H19NO4/c1-11(2,3)16-10(14)12(8-5-6-8)7-9(13)15-4/h8H,5-7H2,1-4H3. The van der Waals surface area contributed by atoms with E-state index in [1.165, 1.54) is 12.0 Å². The molecule has 1 aliphatic rings. The van der Waals surface area contributed by atoms with Crippen LogP contribution in [0.15, 0.2) is 0 Å². The topological polar surface area (TPSA) is 55.8 Å². The summed E-state index contributed by atoms with van der Waals surface area (Å²) in [5.74, 6) is -0.419. The van der Waals surface area contributed by atoms with Crippen molar-refractivity contribution in [1.82, 2.24) is 4.90 Å². The normalized spacial score (nSPS) is 15.5. The minimum absolute atomic E-state index is 0.0317. The monoisotopic (exact) mass is 229 g/mol. The van der Waals surface area contributed by atoms with Crippen LogP contribution in [0.5, 0.6) is 0 Å². The first-order chi connectivity index (χ1) is 7.33. The fourth-order valence-electron chi connectivity index (χ4n) is 1.25. The second-order valence-electron chi connectivity index (χ2n) is 4.92. The summed E-state index contributed by atoms with van der Waals surface area (Å²) in [6.07, 6.45) is 1.41. The smallest absolute Gasteiger partial charge is 0.411 e. The summed E-state index contributed by atoms with van der Waals surface area (Å²) in [4.78, 5) is 24.4. The Balaban J connectivity index is 2.56. The Labute approximate surface area is 95.7 Å². The lowest BCUT2D eigenvalue weighted by Gasteiger charge is -2.26. The molecule has 16 heavy (non-hydrogen) atoms. The molecule has 0 N–H and O–H groups in total. The molecule has 92 valence electrons. The molecule has 0 unspecified atom stereocenters. The van der Waals surface area contributed by atoms with Crippen molar-refractivity contribution in [2.24, 2.45) is 0 Å². The van der Waals surface area contributed by atoms with Gasteiger partial charge in [-0.3, -0.25) is 9.69 Å². The van der Waals surface area contributed by atoms with Gasteiger partial charge in [-0.05, 0) is 33.6 Å². The lowest BCUT2D eigenvalue weighted by Crippen LogP contribution is -2.41. The highest BCUT2D eigenvalue weighted by Crippen LogP contribution is 2.28. The maximum absolute atomic E-state index is 11.8. The number of hydrogen-bond acceptors (Lipinski definition) is 4. The summed E-state index contributed by atoms with van der Waals surface area (Å²) < 4.78 is 9.78. The number of carbonyl (C=O) groups excluding carboxylic acids is 2. The molecule has 1 amide bonds. The number of ether oxygens (including phenoxy) is 2. The zero-order valence-electron chi connectivity index (χ0n) is 10.3. The summed E-state index contributed by atoms with van der Waals surface area (Å²) in [5, 5.41) is 0. The molecule has 1 rings (SSSR count). The number of carbonyl (C=O) groups is 2. The average Bonchev–Trinajstić information content (AvgIpc) is 2.93. The van der Waals surface area contributed by atoms with Gasteiger partial charge in [-0.2, -0.15) is 0 Å². The van der Waals surface area contributed by atoms with E-state index in [1.54, 1.807) is 20.8 Å². The van der Waals surface area contributed by atoms with Crippen molar-refractivity contribution in [3.8, 4) is 0 Å².